The van der Waals surface area contributed by atoms with Crippen molar-refractivity contribution >= 4 is 17.2 Å². The summed E-state index contributed by atoms with van der Waals surface area (Å²) in [5, 5.41) is 2.18. The number of thiophene rings is 1. The predicted molar refractivity (Wildman–Crippen MR) is 90.3 cm³/mol. The third-order valence-electron chi connectivity index (χ3n) is 4.90. The van der Waals surface area contributed by atoms with E-state index < -0.39 is 0 Å². The molecule has 2 aliphatic rings. The standard InChI is InChI=1S/C17H22N4S/c1-2-20-9-7-14-13(11-20)17(19-12-18-14)21-8-3-5-15(21)16-6-4-10-22-16/h4,6,10,12,15H,2-3,5,7-9,11H2,1H3. The lowest BCUT2D eigenvalue weighted by molar-refractivity contribution is 0.265. The van der Waals surface area contributed by atoms with Crippen molar-refractivity contribution in [3.63, 3.8) is 0 Å². The van der Waals surface area contributed by atoms with Crippen LogP contribution < -0.4 is 4.90 Å². The number of aromatic nitrogens is 2. The van der Waals surface area contributed by atoms with Crippen LogP contribution in [0.2, 0.25) is 0 Å². The summed E-state index contributed by atoms with van der Waals surface area (Å²) in [4.78, 5) is 15.7. The average Bonchev–Trinajstić information content (AvgIpc) is 3.24. The van der Waals surface area contributed by atoms with Gasteiger partial charge in [0.15, 0.2) is 0 Å². The molecule has 0 saturated carbocycles. The van der Waals surface area contributed by atoms with E-state index in [-0.39, 0.29) is 0 Å². The molecule has 2 aromatic rings. The van der Waals surface area contributed by atoms with Gasteiger partial charge in [0, 0.05) is 36.5 Å². The molecule has 22 heavy (non-hydrogen) atoms. The minimum atomic E-state index is 0.496. The largest absolute Gasteiger partial charge is 0.348 e. The monoisotopic (exact) mass is 314 g/mol. The maximum Gasteiger partial charge on any atom is 0.137 e. The highest BCUT2D eigenvalue weighted by atomic mass is 32.1. The van der Waals surface area contributed by atoms with E-state index in [4.69, 9.17) is 4.98 Å². The average molecular weight is 314 g/mol. The van der Waals surface area contributed by atoms with Crippen LogP contribution in [0.15, 0.2) is 23.8 Å². The molecule has 0 bridgehead atoms. The molecule has 4 heterocycles. The van der Waals surface area contributed by atoms with Crippen LogP contribution in [0, 0.1) is 0 Å². The molecular formula is C17H22N4S. The van der Waals surface area contributed by atoms with Gasteiger partial charge in [-0.05, 0) is 30.8 Å². The summed E-state index contributed by atoms with van der Waals surface area (Å²) in [5.74, 6) is 1.18. The minimum absolute atomic E-state index is 0.496. The summed E-state index contributed by atoms with van der Waals surface area (Å²) in [6.07, 6.45) is 5.30. The molecule has 4 rings (SSSR count). The lowest BCUT2D eigenvalue weighted by Gasteiger charge is -2.32. The van der Waals surface area contributed by atoms with Crippen molar-refractivity contribution in [1.29, 1.82) is 0 Å². The van der Waals surface area contributed by atoms with Gasteiger partial charge in [-0.15, -0.1) is 11.3 Å². The first-order valence-corrected chi connectivity index (χ1v) is 9.10. The van der Waals surface area contributed by atoms with Crippen LogP contribution in [0.3, 0.4) is 0 Å². The lowest BCUT2D eigenvalue weighted by atomic mass is 10.1. The number of hydrogen-bond acceptors (Lipinski definition) is 5. The molecule has 5 heteroatoms. The van der Waals surface area contributed by atoms with Crippen LogP contribution in [0.1, 0.15) is 41.9 Å². The van der Waals surface area contributed by atoms with Crippen molar-refractivity contribution in [2.24, 2.45) is 0 Å². The molecule has 1 unspecified atom stereocenters. The molecular weight excluding hydrogens is 292 g/mol. The SMILES string of the molecule is CCN1CCc2ncnc(N3CCCC3c3cccs3)c2C1. The Hall–Kier alpha value is -1.46. The topological polar surface area (TPSA) is 32.3 Å². The van der Waals surface area contributed by atoms with E-state index in [9.17, 15) is 0 Å². The second-order valence-electron chi connectivity index (χ2n) is 6.11. The Morgan fingerprint density at radius 3 is 3.09 bits per heavy atom. The number of rotatable bonds is 3. The Bertz CT molecular complexity index is 640. The summed E-state index contributed by atoms with van der Waals surface area (Å²) in [7, 11) is 0. The van der Waals surface area contributed by atoms with Crippen molar-refractivity contribution in [1.82, 2.24) is 14.9 Å². The van der Waals surface area contributed by atoms with Crippen LogP contribution in [-0.2, 0) is 13.0 Å². The zero-order valence-corrected chi connectivity index (χ0v) is 13.9. The summed E-state index contributed by atoms with van der Waals surface area (Å²) in [6, 6.07) is 4.92. The molecule has 0 N–H and O–H groups in total. The fraction of sp³-hybridized carbons (Fsp3) is 0.529. The van der Waals surface area contributed by atoms with Crippen molar-refractivity contribution < 1.29 is 0 Å². The normalized spacial score (nSPS) is 22.0. The minimum Gasteiger partial charge on any atom is -0.348 e. The van der Waals surface area contributed by atoms with Gasteiger partial charge >= 0.3 is 0 Å². The molecule has 1 fully saturated rings. The zero-order valence-electron chi connectivity index (χ0n) is 13.0. The molecule has 0 radical (unpaired) electrons. The van der Waals surface area contributed by atoms with Crippen LogP contribution in [0.5, 0.6) is 0 Å². The summed E-state index contributed by atoms with van der Waals surface area (Å²) in [5.41, 5.74) is 2.62. The number of hydrogen-bond donors (Lipinski definition) is 0. The van der Waals surface area contributed by atoms with E-state index in [1.54, 1.807) is 6.33 Å². The molecule has 4 nitrogen and oxygen atoms in total. The smallest absolute Gasteiger partial charge is 0.137 e. The molecule has 0 spiro atoms. The van der Waals surface area contributed by atoms with Gasteiger partial charge in [0.05, 0.1) is 11.7 Å². The molecule has 0 amide bonds. The molecule has 1 atom stereocenters. The number of fused-ring (bicyclic) bond motifs is 1. The van der Waals surface area contributed by atoms with E-state index in [0.717, 1.165) is 32.6 Å². The first kappa shape index (κ1) is 14.2. The second kappa shape index (κ2) is 5.97. The van der Waals surface area contributed by atoms with Crippen LogP contribution in [0.25, 0.3) is 0 Å². The van der Waals surface area contributed by atoms with E-state index in [2.05, 4.69) is 39.2 Å². The van der Waals surface area contributed by atoms with Crippen molar-refractivity contribution in [3.05, 3.63) is 40.0 Å². The molecule has 0 aliphatic carbocycles. The first-order valence-electron chi connectivity index (χ1n) is 8.22. The highest BCUT2D eigenvalue weighted by molar-refractivity contribution is 7.10. The Labute approximate surface area is 135 Å². The molecule has 0 aromatic carbocycles. The van der Waals surface area contributed by atoms with Gasteiger partial charge in [0.25, 0.3) is 0 Å². The summed E-state index contributed by atoms with van der Waals surface area (Å²) >= 11 is 1.87. The number of nitrogens with zero attached hydrogens (tertiary/aromatic N) is 4. The van der Waals surface area contributed by atoms with Gasteiger partial charge in [-0.25, -0.2) is 9.97 Å². The Balaban J connectivity index is 1.70. The van der Waals surface area contributed by atoms with Gasteiger partial charge in [0.1, 0.15) is 12.1 Å². The Kier molecular flexibility index (Phi) is 3.84. The van der Waals surface area contributed by atoms with Crippen molar-refractivity contribution in [2.45, 2.75) is 38.8 Å². The first-order chi connectivity index (χ1) is 10.9. The van der Waals surface area contributed by atoms with Gasteiger partial charge in [-0.1, -0.05) is 13.0 Å². The van der Waals surface area contributed by atoms with Crippen molar-refractivity contribution in [3.8, 4) is 0 Å². The molecule has 1 saturated heterocycles. The van der Waals surface area contributed by atoms with Gasteiger partial charge in [0.2, 0.25) is 0 Å². The van der Waals surface area contributed by atoms with Crippen molar-refractivity contribution in [2.75, 3.05) is 24.5 Å². The van der Waals surface area contributed by atoms with E-state index in [0.29, 0.717) is 6.04 Å². The Morgan fingerprint density at radius 1 is 1.32 bits per heavy atom. The fourth-order valence-electron chi connectivity index (χ4n) is 3.70. The highest BCUT2D eigenvalue weighted by Gasteiger charge is 2.31. The lowest BCUT2D eigenvalue weighted by Crippen LogP contribution is -2.34. The number of likely N-dealkylation sites (N-methyl/N-ethyl adjacent to an activating group) is 1. The molecule has 2 aliphatic heterocycles. The zero-order chi connectivity index (χ0) is 14.9. The van der Waals surface area contributed by atoms with Gasteiger partial charge in [-0.3, -0.25) is 4.90 Å². The fourth-order valence-corrected chi connectivity index (χ4v) is 4.57. The van der Waals surface area contributed by atoms with E-state index in [1.165, 1.54) is 34.8 Å². The van der Waals surface area contributed by atoms with Crippen LogP contribution >= 0.6 is 11.3 Å². The van der Waals surface area contributed by atoms with Gasteiger partial charge < -0.3 is 4.90 Å². The third kappa shape index (κ3) is 2.42. The molecule has 116 valence electrons. The predicted octanol–water partition coefficient (Wildman–Crippen LogP) is 3.26. The second-order valence-corrected chi connectivity index (χ2v) is 7.09. The maximum atomic E-state index is 4.70. The third-order valence-corrected chi connectivity index (χ3v) is 5.88. The van der Waals surface area contributed by atoms with Crippen LogP contribution in [0.4, 0.5) is 5.82 Å². The summed E-state index contributed by atoms with van der Waals surface area (Å²) < 4.78 is 0. The quantitative estimate of drug-likeness (QED) is 0.870. The molecule has 2 aromatic heterocycles. The maximum absolute atomic E-state index is 4.70. The van der Waals surface area contributed by atoms with Crippen LogP contribution in [-0.4, -0.2) is 34.5 Å². The Morgan fingerprint density at radius 2 is 2.27 bits per heavy atom. The highest BCUT2D eigenvalue weighted by Crippen LogP contribution is 2.39. The van der Waals surface area contributed by atoms with Gasteiger partial charge in [-0.2, -0.15) is 0 Å². The summed E-state index contributed by atoms with van der Waals surface area (Å²) in [6.45, 7) is 6.56. The van der Waals surface area contributed by atoms with E-state index in [1.807, 2.05) is 11.3 Å². The van der Waals surface area contributed by atoms with E-state index >= 15 is 0 Å². The number of anilines is 1.